The first-order valence-corrected chi connectivity index (χ1v) is 8.68. The molecule has 1 aromatic carbocycles. The van der Waals surface area contributed by atoms with Gasteiger partial charge in [0.2, 0.25) is 0 Å². The summed E-state index contributed by atoms with van der Waals surface area (Å²) in [5.74, 6) is 0.168. The van der Waals surface area contributed by atoms with Gasteiger partial charge in [0.1, 0.15) is 18.2 Å². The van der Waals surface area contributed by atoms with Crippen molar-refractivity contribution in [2.75, 3.05) is 13.2 Å². The quantitative estimate of drug-likeness (QED) is 0.922. The van der Waals surface area contributed by atoms with Gasteiger partial charge in [-0.2, -0.15) is 0 Å². The number of halogens is 1. The van der Waals surface area contributed by atoms with Crippen LogP contribution in [0.15, 0.2) is 23.8 Å². The summed E-state index contributed by atoms with van der Waals surface area (Å²) in [4.78, 5) is 12.6. The van der Waals surface area contributed by atoms with Crippen LogP contribution in [0.25, 0.3) is 6.08 Å². The number of hydrogen-bond acceptors (Lipinski definition) is 3. The third kappa shape index (κ3) is 2.42. The summed E-state index contributed by atoms with van der Waals surface area (Å²) in [7, 11) is 0. The van der Waals surface area contributed by atoms with Crippen molar-refractivity contribution in [2.45, 2.75) is 44.8 Å². The first-order chi connectivity index (χ1) is 11.6. The molecule has 1 spiro atoms. The molecule has 2 aliphatic carbocycles. The van der Waals surface area contributed by atoms with Gasteiger partial charge in [0.15, 0.2) is 0 Å². The lowest BCUT2D eigenvalue weighted by Gasteiger charge is -2.61. The van der Waals surface area contributed by atoms with Crippen molar-refractivity contribution in [2.24, 2.45) is 5.41 Å². The molecule has 1 amide bonds. The predicted octanol–water partition coefficient (Wildman–Crippen LogP) is 3.07. The van der Waals surface area contributed by atoms with Crippen molar-refractivity contribution in [3.8, 4) is 5.75 Å². The van der Waals surface area contributed by atoms with Crippen molar-refractivity contribution in [3.63, 3.8) is 0 Å². The molecule has 0 unspecified atom stereocenters. The van der Waals surface area contributed by atoms with E-state index in [0.717, 1.165) is 19.3 Å². The molecule has 2 saturated carbocycles. The molecule has 5 heteroatoms. The second kappa shape index (κ2) is 5.88. The molecule has 0 radical (unpaired) electrons. The Morgan fingerprint density at radius 1 is 1.46 bits per heavy atom. The lowest BCUT2D eigenvalue weighted by Crippen LogP contribution is -2.67. The lowest BCUT2D eigenvalue weighted by atomic mass is 9.51. The highest BCUT2D eigenvalue weighted by Gasteiger charge is 2.59. The van der Waals surface area contributed by atoms with Crippen LogP contribution in [0.2, 0.25) is 0 Å². The van der Waals surface area contributed by atoms with Crippen LogP contribution in [-0.4, -0.2) is 31.3 Å². The number of fused-ring (bicyclic) bond motifs is 1. The fourth-order valence-corrected chi connectivity index (χ4v) is 4.17. The summed E-state index contributed by atoms with van der Waals surface area (Å²) in [6.45, 7) is 2.95. The number of carbonyl (C=O) groups is 1. The molecule has 0 bridgehead atoms. The van der Waals surface area contributed by atoms with Crippen LogP contribution in [0.3, 0.4) is 0 Å². The van der Waals surface area contributed by atoms with Gasteiger partial charge >= 0.3 is 0 Å². The highest BCUT2D eigenvalue weighted by Crippen LogP contribution is 2.57. The molecule has 1 N–H and O–H groups in total. The van der Waals surface area contributed by atoms with Crippen molar-refractivity contribution in [3.05, 3.63) is 35.2 Å². The fourth-order valence-electron chi connectivity index (χ4n) is 4.17. The lowest BCUT2D eigenvalue weighted by molar-refractivity contribution is -0.175. The van der Waals surface area contributed by atoms with Gasteiger partial charge in [-0.1, -0.05) is 6.42 Å². The minimum atomic E-state index is -0.331. The summed E-state index contributed by atoms with van der Waals surface area (Å²) in [5, 5.41) is 3.15. The van der Waals surface area contributed by atoms with E-state index in [1.54, 1.807) is 12.1 Å². The number of amides is 1. The predicted molar refractivity (Wildman–Crippen MR) is 88.1 cm³/mol. The van der Waals surface area contributed by atoms with Crippen LogP contribution in [0.5, 0.6) is 5.75 Å². The molecule has 0 aromatic heterocycles. The number of rotatable bonds is 4. The summed E-state index contributed by atoms with van der Waals surface area (Å²) < 4.78 is 24.8. The van der Waals surface area contributed by atoms with Gasteiger partial charge in [0, 0.05) is 23.6 Å². The van der Waals surface area contributed by atoms with Crippen LogP contribution in [0.1, 0.15) is 38.2 Å². The van der Waals surface area contributed by atoms with E-state index >= 15 is 0 Å². The fraction of sp³-hybridized carbons (Fsp3) is 0.526. The number of benzene rings is 1. The topological polar surface area (TPSA) is 47.6 Å². The average molecular weight is 331 g/mol. The van der Waals surface area contributed by atoms with Gasteiger partial charge in [-0.3, -0.25) is 4.79 Å². The van der Waals surface area contributed by atoms with E-state index in [2.05, 4.69) is 5.32 Å². The van der Waals surface area contributed by atoms with Crippen LogP contribution >= 0.6 is 0 Å². The number of carbonyl (C=O) groups excluding carboxylic acids is 1. The Balaban J connectivity index is 1.46. The first-order valence-electron chi connectivity index (χ1n) is 8.68. The zero-order chi connectivity index (χ0) is 16.7. The summed E-state index contributed by atoms with van der Waals surface area (Å²) in [6, 6.07) is 4.52. The Hall–Kier alpha value is -1.88. The van der Waals surface area contributed by atoms with Crippen molar-refractivity contribution < 1.29 is 18.7 Å². The monoisotopic (exact) mass is 331 g/mol. The van der Waals surface area contributed by atoms with Crippen LogP contribution < -0.4 is 10.1 Å². The van der Waals surface area contributed by atoms with Gasteiger partial charge in [0.05, 0.1) is 11.7 Å². The smallest absolute Gasteiger partial charge is 0.250 e. The molecule has 1 aliphatic heterocycles. The summed E-state index contributed by atoms with van der Waals surface area (Å²) >= 11 is 0. The molecule has 2 atom stereocenters. The minimum absolute atomic E-state index is 0.115. The van der Waals surface area contributed by atoms with Gasteiger partial charge in [-0.25, -0.2) is 4.39 Å². The maximum atomic E-state index is 13.4. The molecule has 4 nitrogen and oxygen atoms in total. The third-order valence-electron chi connectivity index (χ3n) is 5.72. The van der Waals surface area contributed by atoms with E-state index in [-0.39, 0.29) is 35.9 Å². The zero-order valence-corrected chi connectivity index (χ0v) is 13.8. The molecule has 2 fully saturated rings. The third-order valence-corrected chi connectivity index (χ3v) is 5.72. The largest absolute Gasteiger partial charge is 0.488 e. The highest BCUT2D eigenvalue weighted by atomic mass is 19.1. The van der Waals surface area contributed by atoms with Crippen molar-refractivity contribution in [1.29, 1.82) is 0 Å². The Morgan fingerprint density at radius 3 is 3.00 bits per heavy atom. The van der Waals surface area contributed by atoms with E-state index in [1.165, 1.54) is 18.6 Å². The van der Waals surface area contributed by atoms with Crippen molar-refractivity contribution in [1.82, 2.24) is 5.32 Å². The average Bonchev–Trinajstić information content (AvgIpc) is 2.51. The Labute approximate surface area is 141 Å². The molecule has 0 saturated heterocycles. The van der Waals surface area contributed by atoms with E-state index in [4.69, 9.17) is 9.47 Å². The zero-order valence-electron chi connectivity index (χ0n) is 13.8. The SMILES string of the molecule is CCO[C@H]1C[C@@H](NC(=O)C2=Cc3cc(F)ccc3OC2)C12CCC2. The molecular formula is C19H22FNO3. The van der Waals surface area contributed by atoms with E-state index in [1.807, 2.05) is 6.92 Å². The summed E-state index contributed by atoms with van der Waals surface area (Å²) in [6.07, 6.45) is 6.31. The van der Waals surface area contributed by atoms with E-state index < -0.39 is 0 Å². The Kier molecular flexibility index (Phi) is 3.83. The van der Waals surface area contributed by atoms with Gasteiger partial charge in [-0.05, 0) is 50.5 Å². The van der Waals surface area contributed by atoms with Crippen LogP contribution in [0.4, 0.5) is 4.39 Å². The number of ether oxygens (including phenoxy) is 2. The molecule has 3 aliphatic rings. The number of nitrogens with one attached hydrogen (secondary N) is 1. The summed E-state index contributed by atoms with van der Waals surface area (Å²) in [5.41, 5.74) is 1.29. The molecule has 1 aromatic rings. The van der Waals surface area contributed by atoms with Gasteiger partial charge < -0.3 is 14.8 Å². The molecule has 24 heavy (non-hydrogen) atoms. The highest BCUT2D eigenvalue weighted by molar-refractivity contribution is 5.99. The van der Waals surface area contributed by atoms with E-state index in [0.29, 0.717) is 23.5 Å². The maximum Gasteiger partial charge on any atom is 0.250 e. The molecule has 128 valence electrons. The second-order valence-corrected chi connectivity index (χ2v) is 6.93. The van der Waals surface area contributed by atoms with Gasteiger partial charge in [-0.15, -0.1) is 0 Å². The molecule has 1 heterocycles. The van der Waals surface area contributed by atoms with Crippen LogP contribution in [0, 0.1) is 11.2 Å². The standard InChI is InChI=1S/C19H22FNO3/c1-2-23-17-10-16(19(17)6-3-7-19)21-18(22)13-8-12-9-14(20)4-5-15(12)24-11-13/h4-5,8-9,16-17H,2-3,6-7,10-11H2,1H3,(H,21,22)/t16-,17+/m1/s1. The maximum absolute atomic E-state index is 13.4. The molecular weight excluding hydrogens is 309 g/mol. The molecule has 4 rings (SSSR count). The number of hydrogen-bond donors (Lipinski definition) is 1. The van der Waals surface area contributed by atoms with Crippen LogP contribution in [-0.2, 0) is 9.53 Å². The second-order valence-electron chi connectivity index (χ2n) is 6.93. The normalized spacial score (nSPS) is 26.5. The van der Waals surface area contributed by atoms with E-state index in [9.17, 15) is 9.18 Å². The first kappa shape index (κ1) is 15.6. The minimum Gasteiger partial charge on any atom is -0.488 e. The van der Waals surface area contributed by atoms with Crippen molar-refractivity contribution >= 4 is 12.0 Å². The Morgan fingerprint density at radius 2 is 2.29 bits per heavy atom. The Bertz CT molecular complexity index is 696. The van der Waals surface area contributed by atoms with Gasteiger partial charge in [0.25, 0.3) is 5.91 Å².